The Labute approximate surface area is 231 Å². The third-order valence-corrected chi connectivity index (χ3v) is 6.43. The molecule has 0 saturated carbocycles. The Bertz CT molecular complexity index is 705. The van der Waals surface area contributed by atoms with Crippen LogP contribution in [0.25, 0.3) is 0 Å². The van der Waals surface area contributed by atoms with E-state index in [0.29, 0.717) is 25.7 Å². The van der Waals surface area contributed by atoms with Gasteiger partial charge < -0.3 is 35.1 Å². The van der Waals surface area contributed by atoms with E-state index >= 15 is 0 Å². The summed E-state index contributed by atoms with van der Waals surface area (Å²) in [7, 11) is 0. The maximum absolute atomic E-state index is 12.4. The number of hydrogen-bond donors (Lipinski definition) is 4. The fourth-order valence-corrected chi connectivity index (χ4v) is 4.51. The molecule has 2 rings (SSSR count). The number of esters is 1. The van der Waals surface area contributed by atoms with Gasteiger partial charge in [-0.3, -0.25) is 4.79 Å². The molecule has 0 heterocycles. The zero-order valence-electron chi connectivity index (χ0n) is 22.1. The maximum atomic E-state index is 12.4. The zero-order valence-corrected chi connectivity index (χ0v) is 24.1. The van der Waals surface area contributed by atoms with Crippen LogP contribution in [0.4, 0.5) is 0 Å². The number of aliphatic hydroxyl groups excluding tert-OH is 4. The average molecular weight is 507 g/mol. The van der Waals surface area contributed by atoms with Crippen molar-refractivity contribution < 1.29 is 69.4 Å². The summed E-state index contributed by atoms with van der Waals surface area (Å²) >= 11 is 0. The Morgan fingerprint density at radius 1 is 1.17 bits per heavy atom. The van der Waals surface area contributed by atoms with Crippen LogP contribution < -0.4 is 34.7 Å². The summed E-state index contributed by atoms with van der Waals surface area (Å²) in [6, 6.07) is 0. The number of carbonyl (C=O) groups is 2. The summed E-state index contributed by atoms with van der Waals surface area (Å²) in [6.07, 6.45) is 4.15. The first-order valence-electron chi connectivity index (χ1n) is 12.4. The van der Waals surface area contributed by atoms with E-state index in [2.05, 4.69) is 13.0 Å². The first-order valence-corrected chi connectivity index (χ1v) is 12.4. The molecule has 9 heteroatoms. The monoisotopic (exact) mass is 506 g/mol. The molecule has 35 heavy (non-hydrogen) atoms. The van der Waals surface area contributed by atoms with E-state index in [1.807, 2.05) is 26.0 Å². The van der Waals surface area contributed by atoms with Gasteiger partial charge in [0.2, 0.25) is 0 Å². The van der Waals surface area contributed by atoms with Crippen molar-refractivity contribution in [3.63, 3.8) is 0 Å². The predicted molar refractivity (Wildman–Crippen MR) is 126 cm³/mol. The van der Waals surface area contributed by atoms with E-state index in [0.717, 1.165) is 5.57 Å². The molecule has 0 aromatic heterocycles. The van der Waals surface area contributed by atoms with E-state index in [9.17, 15) is 30.0 Å². The fourth-order valence-electron chi connectivity index (χ4n) is 4.51. The average Bonchev–Trinajstić information content (AvgIpc) is 2.71. The van der Waals surface area contributed by atoms with E-state index in [1.54, 1.807) is 13.8 Å². The second-order valence-corrected chi connectivity index (χ2v) is 9.95. The normalized spacial score (nSPS) is 27.8. The van der Waals surface area contributed by atoms with Crippen molar-refractivity contribution in [2.75, 3.05) is 0 Å². The molecule has 4 N–H and O–H groups in total. The molecule has 0 unspecified atom stereocenters. The first kappa shape index (κ1) is 34.3. The van der Waals surface area contributed by atoms with Gasteiger partial charge in [0.25, 0.3) is 0 Å². The first-order chi connectivity index (χ1) is 15.8. The van der Waals surface area contributed by atoms with Crippen molar-refractivity contribution in [2.24, 2.45) is 23.7 Å². The van der Waals surface area contributed by atoms with Gasteiger partial charge in [-0.1, -0.05) is 39.0 Å². The van der Waals surface area contributed by atoms with Crippen molar-refractivity contribution in [3.8, 4) is 0 Å². The van der Waals surface area contributed by atoms with Crippen molar-refractivity contribution in [2.45, 2.75) is 104 Å². The van der Waals surface area contributed by atoms with E-state index in [4.69, 9.17) is 9.84 Å². The summed E-state index contributed by atoms with van der Waals surface area (Å²) in [6.45, 7) is 9.28. The molecule has 8 atom stereocenters. The summed E-state index contributed by atoms with van der Waals surface area (Å²) in [5, 5.41) is 48.9. The second-order valence-electron chi connectivity index (χ2n) is 9.95. The molecular weight excluding hydrogens is 463 g/mol. The number of carboxylic acid groups (broad SMARTS) is 1. The van der Waals surface area contributed by atoms with Gasteiger partial charge in [-0.2, -0.15) is 0 Å². The minimum atomic E-state index is -1.35. The number of hydrogen-bond acceptors (Lipinski definition) is 8. The van der Waals surface area contributed by atoms with Crippen LogP contribution >= 0.6 is 0 Å². The van der Waals surface area contributed by atoms with Crippen LogP contribution in [-0.4, -0.2) is 62.9 Å². The van der Waals surface area contributed by atoms with Gasteiger partial charge in [0.05, 0.1) is 24.2 Å². The SMILES string of the molecule is CC(C)O.CC[C@H](C)C(=O)O[C@H]1C[C@H](O)C=C2C=C[C@H](C)[C@H](CC[C@@H](O)C[C@@H](O)CC(=O)[O-])[C@H]21.[Na+]. The Kier molecular flexibility index (Phi) is 16.5. The summed E-state index contributed by atoms with van der Waals surface area (Å²) in [5.41, 5.74) is 0.949. The molecular formula is C26H43NaO8. The van der Waals surface area contributed by atoms with E-state index < -0.39 is 36.8 Å². The van der Waals surface area contributed by atoms with Gasteiger partial charge in [-0.25, -0.2) is 0 Å². The molecule has 8 nitrogen and oxygen atoms in total. The molecule has 0 spiro atoms. The van der Waals surface area contributed by atoms with Crippen LogP contribution in [0.2, 0.25) is 0 Å². The van der Waals surface area contributed by atoms with Crippen molar-refractivity contribution in [1.29, 1.82) is 0 Å². The minimum Gasteiger partial charge on any atom is -0.550 e. The Hall–Kier alpha value is -0.740. The van der Waals surface area contributed by atoms with Crippen LogP contribution in [0, 0.1) is 23.7 Å². The van der Waals surface area contributed by atoms with Crippen LogP contribution in [0.5, 0.6) is 0 Å². The van der Waals surface area contributed by atoms with E-state index in [-0.39, 0.29) is 71.7 Å². The molecule has 196 valence electrons. The van der Waals surface area contributed by atoms with Crippen molar-refractivity contribution in [1.82, 2.24) is 0 Å². The molecule has 0 saturated heterocycles. The molecule has 0 aromatic carbocycles. The molecule has 0 bridgehead atoms. The quantitative estimate of drug-likeness (QED) is 0.207. The number of aliphatic hydroxyl groups is 4. The van der Waals surface area contributed by atoms with Gasteiger partial charge in [0.1, 0.15) is 6.10 Å². The number of carbonyl (C=O) groups excluding carboxylic acids is 2. The summed E-state index contributed by atoms with van der Waals surface area (Å²) in [4.78, 5) is 23.0. The van der Waals surface area contributed by atoms with Crippen molar-refractivity contribution in [3.05, 3.63) is 23.8 Å². The van der Waals surface area contributed by atoms with Gasteiger partial charge in [-0.15, -0.1) is 0 Å². The third-order valence-electron chi connectivity index (χ3n) is 6.43. The summed E-state index contributed by atoms with van der Waals surface area (Å²) < 4.78 is 5.83. The largest absolute Gasteiger partial charge is 1.00 e. The predicted octanol–water partition coefficient (Wildman–Crippen LogP) is -1.50. The Morgan fingerprint density at radius 2 is 1.77 bits per heavy atom. The number of carboxylic acids is 1. The van der Waals surface area contributed by atoms with Gasteiger partial charge >= 0.3 is 35.5 Å². The van der Waals surface area contributed by atoms with Crippen molar-refractivity contribution >= 4 is 11.9 Å². The standard InChI is InChI=1S/C23H36O7.C3H8O.Na/c1-4-13(2)23(29)30-20-11-17(25)9-15-6-5-14(3)19(22(15)20)8-7-16(24)10-18(26)12-21(27)28;1-3(2)4;/h5-6,9,13-14,16-20,22,24-26H,4,7-8,10-12H2,1-3H3,(H,27,28);3-4H,1-2H3;/q;;+1/p-1/t13-,14-,16+,17+,18+,19-,20-,22-;;/m0../s1. The van der Waals surface area contributed by atoms with Gasteiger partial charge in [0, 0.05) is 30.8 Å². The molecule has 0 fully saturated rings. The Balaban J connectivity index is 0.00000214. The number of allylic oxidation sites excluding steroid dienone is 2. The fraction of sp³-hybridized carbons (Fsp3) is 0.769. The Morgan fingerprint density at radius 3 is 2.31 bits per heavy atom. The van der Waals surface area contributed by atoms with Crippen LogP contribution in [0.15, 0.2) is 23.8 Å². The topological polar surface area (TPSA) is 147 Å². The number of ether oxygens (including phenoxy) is 1. The molecule has 2 aliphatic rings. The third kappa shape index (κ3) is 12.4. The minimum absolute atomic E-state index is 0. The van der Waals surface area contributed by atoms with Crippen LogP contribution in [-0.2, 0) is 14.3 Å². The number of fused-ring (bicyclic) bond motifs is 1. The zero-order chi connectivity index (χ0) is 26.0. The summed E-state index contributed by atoms with van der Waals surface area (Å²) in [5.74, 6) is -1.60. The molecule has 2 aliphatic carbocycles. The molecule has 0 amide bonds. The van der Waals surface area contributed by atoms with Crippen LogP contribution in [0.1, 0.15) is 73.1 Å². The molecule has 0 aromatic rings. The smallest absolute Gasteiger partial charge is 0.550 e. The van der Waals surface area contributed by atoms with E-state index in [1.165, 1.54) is 0 Å². The molecule has 0 aliphatic heterocycles. The van der Waals surface area contributed by atoms with Crippen LogP contribution in [0.3, 0.4) is 0 Å². The molecule has 0 radical (unpaired) electrons. The number of aliphatic carboxylic acids is 1. The number of rotatable bonds is 10. The second kappa shape index (κ2) is 16.9. The van der Waals surface area contributed by atoms with Gasteiger partial charge in [0.15, 0.2) is 0 Å². The van der Waals surface area contributed by atoms with Gasteiger partial charge in [-0.05, 0) is 56.9 Å². The maximum Gasteiger partial charge on any atom is 1.00 e.